The van der Waals surface area contributed by atoms with Crippen molar-refractivity contribution in [3.05, 3.63) is 0 Å². The van der Waals surface area contributed by atoms with Crippen LogP contribution in [0.2, 0.25) is 0 Å². The maximum Gasteiger partial charge on any atom is 0.307 e. The van der Waals surface area contributed by atoms with Crippen molar-refractivity contribution in [2.24, 2.45) is 28.6 Å². The second-order valence-electron chi connectivity index (χ2n) is 7.00. The van der Waals surface area contributed by atoms with E-state index in [4.69, 9.17) is 0 Å². The molecule has 2 bridgehead atoms. The average Bonchev–Trinajstić information content (AvgIpc) is 2.54. The van der Waals surface area contributed by atoms with Crippen LogP contribution in [-0.4, -0.2) is 16.9 Å². The van der Waals surface area contributed by atoms with Gasteiger partial charge in [-0.25, -0.2) is 0 Å². The average molecular weight is 236 g/mol. The number of carboxylic acids is 1. The summed E-state index contributed by atoms with van der Waals surface area (Å²) in [7, 11) is 0. The second-order valence-corrected chi connectivity index (χ2v) is 7.00. The maximum absolute atomic E-state index is 11.8. The highest BCUT2D eigenvalue weighted by atomic mass is 16.4. The quantitative estimate of drug-likeness (QED) is 0.761. The van der Waals surface area contributed by atoms with Crippen molar-refractivity contribution in [2.45, 2.75) is 46.0 Å². The predicted octanol–water partition coefficient (Wildman–Crippen LogP) is 2.49. The molecule has 0 aliphatic heterocycles. The smallest absolute Gasteiger partial charge is 0.307 e. The fraction of sp³-hybridized carbons (Fsp3) is 0.857. The van der Waals surface area contributed by atoms with Crippen molar-refractivity contribution < 1.29 is 14.7 Å². The Labute approximate surface area is 102 Å². The SMILES string of the molecule is CC1(C)C[C@@]23CC(=O)C[C@@H]2[C@H]1CC[C@H]3C(=O)O. The third kappa shape index (κ3) is 1.28. The molecule has 0 aromatic heterocycles. The number of carboxylic acid groups (broad SMARTS) is 1. The minimum absolute atomic E-state index is 0.199. The molecule has 0 heterocycles. The molecular formula is C14H20O3. The van der Waals surface area contributed by atoms with Gasteiger partial charge >= 0.3 is 5.97 Å². The Kier molecular flexibility index (Phi) is 2.06. The normalized spacial score (nSPS) is 46.9. The van der Waals surface area contributed by atoms with Gasteiger partial charge in [0.2, 0.25) is 0 Å². The first-order chi connectivity index (χ1) is 7.87. The van der Waals surface area contributed by atoms with Crippen molar-refractivity contribution in [3.8, 4) is 0 Å². The van der Waals surface area contributed by atoms with Gasteiger partial charge in [0.1, 0.15) is 5.78 Å². The van der Waals surface area contributed by atoms with Gasteiger partial charge in [-0.15, -0.1) is 0 Å². The standard InChI is InChI=1S/C14H20O3/c1-13(2)7-14-6-8(15)5-11(14)9(13)3-4-10(14)12(16)17/h9-11H,3-7H2,1-2H3,(H,16,17)/t9-,10+,11-,14-/m1/s1. The molecular weight excluding hydrogens is 216 g/mol. The Morgan fingerprint density at radius 3 is 2.65 bits per heavy atom. The molecule has 0 aromatic rings. The lowest BCUT2D eigenvalue weighted by molar-refractivity contribution is -0.149. The summed E-state index contributed by atoms with van der Waals surface area (Å²) in [6, 6.07) is 0. The number of carbonyl (C=O) groups is 2. The van der Waals surface area contributed by atoms with E-state index >= 15 is 0 Å². The van der Waals surface area contributed by atoms with Crippen molar-refractivity contribution in [3.63, 3.8) is 0 Å². The van der Waals surface area contributed by atoms with E-state index < -0.39 is 5.97 Å². The molecule has 94 valence electrons. The van der Waals surface area contributed by atoms with E-state index in [9.17, 15) is 14.7 Å². The van der Waals surface area contributed by atoms with E-state index in [1.165, 1.54) is 0 Å². The van der Waals surface area contributed by atoms with Gasteiger partial charge in [0.05, 0.1) is 5.92 Å². The third-order valence-electron chi connectivity index (χ3n) is 5.74. The highest BCUT2D eigenvalue weighted by Crippen LogP contribution is 2.70. The zero-order chi connectivity index (χ0) is 12.4. The highest BCUT2D eigenvalue weighted by molar-refractivity contribution is 5.84. The van der Waals surface area contributed by atoms with Crippen LogP contribution in [0.3, 0.4) is 0 Å². The van der Waals surface area contributed by atoms with Gasteiger partial charge in [-0.3, -0.25) is 9.59 Å². The van der Waals surface area contributed by atoms with E-state index in [1.807, 2.05) is 0 Å². The molecule has 0 spiro atoms. The lowest BCUT2D eigenvalue weighted by atomic mass is 9.62. The zero-order valence-electron chi connectivity index (χ0n) is 10.5. The van der Waals surface area contributed by atoms with Crippen LogP contribution in [0.1, 0.15) is 46.0 Å². The molecule has 3 aliphatic carbocycles. The molecule has 3 heteroatoms. The van der Waals surface area contributed by atoms with Gasteiger partial charge in [0, 0.05) is 12.8 Å². The molecule has 3 saturated carbocycles. The monoisotopic (exact) mass is 236 g/mol. The van der Waals surface area contributed by atoms with Crippen molar-refractivity contribution >= 4 is 11.8 Å². The Hall–Kier alpha value is -0.860. The highest BCUT2D eigenvalue weighted by Gasteiger charge is 2.67. The van der Waals surface area contributed by atoms with E-state index in [0.717, 1.165) is 19.3 Å². The first kappa shape index (κ1) is 11.2. The summed E-state index contributed by atoms with van der Waals surface area (Å²) in [4.78, 5) is 23.3. The van der Waals surface area contributed by atoms with E-state index in [1.54, 1.807) is 0 Å². The molecule has 1 N–H and O–H groups in total. The predicted molar refractivity (Wildman–Crippen MR) is 62.4 cm³/mol. The summed E-state index contributed by atoms with van der Waals surface area (Å²) in [5, 5.41) is 9.45. The van der Waals surface area contributed by atoms with Crippen LogP contribution in [0, 0.1) is 28.6 Å². The number of carbonyl (C=O) groups excluding carboxylic acids is 1. The molecule has 17 heavy (non-hydrogen) atoms. The minimum Gasteiger partial charge on any atom is -0.481 e. The van der Waals surface area contributed by atoms with Crippen LogP contribution in [0.25, 0.3) is 0 Å². The number of hydrogen-bond donors (Lipinski definition) is 1. The maximum atomic E-state index is 11.8. The minimum atomic E-state index is -0.680. The van der Waals surface area contributed by atoms with Crippen LogP contribution < -0.4 is 0 Å². The largest absolute Gasteiger partial charge is 0.481 e. The number of rotatable bonds is 1. The van der Waals surface area contributed by atoms with E-state index in [2.05, 4.69) is 13.8 Å². The Balaban J connectivity index is 2.07. The summed E-state index contributed by atoms with van der Waals surface area (Å²) in [5.74, 6) is 0.242. The number of aliphatic carboxylic acids is 1. The second kappa shape index (κ2) is 3.12. The van der Waals surface area contributed by atoms with E-state index in [-0.39, 0.29) is 16.7 Å². The lowest BCUT2D eigenvalue weighted by Gasteiger charge is -2.40. The summed E-state index contributed by atoms with van der Waals surface area (Å²) in [6.07, 6.45) is 3.85. The topological polar surface area (TPSA) is 54.4 Å². The Morgan fingerprint density at radius 1 is 1.29 bits per heavy atom. The number of hydrogen-bond acceptors (Lipinski definition) is 2. The zero-order valence-corrected chi connectivity index (χ0v) is 10.5. The molecule has 4 atom stereocenters. The van der Waals surface area contributed by atoms with Crippen molar-refractivity contribution in [1.82, 2.24) is 0 Å². The van der Waals surface area contributed by atoms with Crippen LogP contribution >= 0.6 is 0 Å². The van der Waals surface area contributed by atoms with Crippen LogP contribution in [-0.2, 0) is 9.59 Å². The number of ketones is 1. The Morgan fingerprint density at radius 2 is 2.00 bits per heavy atom. The molecule has 0 amide bonds. The Bertz CT molecular complexity index is 398. The van der Waals surface area contributed by atoms with E-state index in [0.29, 0.717) is 30.5 Å². The molecule has 3 aliphatic rings. The van der Waals surface area contributed by atoms with Crippen LogP contribution in [0.4, 0.5) is 0 Å². The first-order valence-electron chi connectivity index (χ1n) is 6.61. The van der Waals surface area contributed by atoms with Crippen LogP contribution in [0.5, 0.6) is 0 Å². The molecule has 3 nitrogen and oxygen atoms in total. The molecule has 0 radical (unpaired) electrons. The molecule has 3 fully saturated rings. The summed E-state index contributed by atoms with van der Waals surface area (Å²) in [6.45, 7) is 4.51. The van der Waals surface area contributed by atoms with Gasteiger partial charge in [-0.05, 0) is 41.9 Å². The van der Waals surface area contributed by atoms with Gasteiger partial charge < -0.3 is 5.11 Å². The molecule has 3 rings (SSSR count). The lowest BCUT2D eigenvalue weighted by Crippen LogP contribution is -2.40. The third-order valence-corrected chi connectivity index (χ3v) is 5.74. The fourth-order valence-corrected chi connectivity index (χ4v) is 5.38. The van der Waals surface area contributed by atoms with Gasteiger partial charge in [0.15, 0.2) is 0 Å². The van der Waals surface area contributed by atoms with Crippen LogP contribution in [0.15, 0.2) is 0 Å². The molecule has 0 unspecified atom stereocenters. The summed E-state index contributed by atoms with van der Waals surface area (Å²) >= 11 is 0. The molecule has 0 aromatic carbocycles. The van der Waals surface area contributed by atoms with Gasteiger partial charge in [0.25, 0.3) is 0 Å². The summed E-state index contributed by atoms with van der Waals surface area (Å²) < 4.78 is 0. The van der Waals surface area contributed by atoms with Crippen molar-refractivity contribution in [2.75, 3.05) is 0 Å². The summed E-state index contributed by atoms with van der Waals surface area (Å²) in [5.41, 5.74) is 0.0187. The fourth-order valence-electron chi connectivity index (χ4n) is 5.38. The molecule has 0 saturated heterocycles. The number of Topliss-reactive ketones (excluding diaryl/α,β-unsaturated/α-hetero) is 1. The van der Waals surface area contributed by atoms with Crippen molar-refractivity contribution in [1.29, 1.82) is 0 Å². The first-order valence-corrected chi connectivity index (χ1v) is 6.61. The van der Waals surface area contributed by atoms with Gasteiger partial charge in [-0.1, -0.05) is 13.8 Å². The van der Waals surface area contributed by atoms with Gasteiger partial charge in [-0.2, -0.15) is 0 Å².